The zero-order chi connectivity index (χ0) is 14.9. The van der Waals surface area contributed by atoms with Gasteiger partial charge in [-0.3, -0.25) is 0 Å². The molecule has 1 aromatic heterocycles. The van der Waals surface area contributed by atoms with Gasteiger partial charge in [0.05, 0.1) is 13.2 Å². The molecule has 1 aromatic carbocycles. The highest BCUT2D eigenvalue weighted by Crippen LogP contribution is 2.31. The number of nitrogens with zero attached hydrogens (tertiary/aromatic N) is 3. The monoisotopic (exact) mass is 303 g/mol. The Hall–Kier alpha value is -1.65. The first-order chi connectivity index (χ1) is 10.1. The molecule has 0 spiro atoms. The summed E-state index contributed by atoms with van der Waals surface area (Å²) >= 11 is 6.05. The van der Waals surface area contributed by atoms with Crippen LogP contribution < -0.4 is 4.90 Å². The summed E-state index contributed by atoms with van der Waals surface area (Å²) in [7, 11) is 0. The molecule has 0 amide bonds. The molecule has 1 saturated heterocycles. The summed E-state index contributed by atoms with van der Waals surface area (Å²) in [6.45, 7) is 6.17. The molecule has 110 valence electrons. The van der Waals surface area contributed by atoms with Gasteiger partial charge in [-0.05, 0) is 19.4 Å². The van der Waals surface area contributed by atoms with Crippen molar-refractivity contribution in [3.05, 3.63) is 52.9 Å². The number of rotatable bonds is 2. The normalized spacial score (nSPS) is 22.3. The van der Waals surface area contributed by atoms with Crippen LogP contribution in [-0.2, 0) is 10.3 Å². The van der Waals surface area contributed by atoms with Gasteiger partial charge in [0.15, 0.2) is 0 Å². The van der Waals surface area contributed by atoms with E-state index in [0.29, 0.717) is 17.6 Å². The summed E-state index contributed by atoms with van der Waals surface area (Å²) in [5.41, 5.74) is 0.830. The van der Waals surface area contributed by atoms with Gasteiger partial charge in [-0.15, -0.1) is 0 Å². The van der Waals surface area contributed by atoms with Crippen LogP contribution in [0, 0.1) is 6.92 Å². The number of hydrogen-bond acceptors (Lipinski definition) is 4. The van der Waals surface area contributed by atoms with Crippen LogP contribution in [0.15, 0.2) is 36.4 Å². The van der Waals surface area contributed by atoms with Gasteiger partial charge < -0.3 is 9.64 Å². The van der Waals surface area contributed by atoms with E-state index in [1.54, 1.807) is 0 Å². The van der Waals surface area contributed by atoms with E-state index in [2.05, 4.69) is 33.9 Å². The van der Waals surface area contributed by atoms with Gasteiger partial charge in [0.2, 0.25) is 0 Å². The first-order valence-corrected chi connectivity index (χ1v) is 7.40. The average molecular weight is 304 g/mol. The predicted octanol–water partition coefficient (Wildman–Crippen LogP) is 3.19. The molecule has 0 aliphatic carbocycles. The Morgan fingerprint density at radius 3 is 2.71 bits per heavy atom. The van der Waals surface area contributed by atoms with Gasteiger partial charge in [0, 0.05) is 12.6 Å². The second kappa shape index (κ2) is 5.62. The smallest absolute Gasteiger partial charge is 0.134 e. The molecule has 4 nitrogen and oxygen atoms in total. The zero-order valence-corrected chi connectivity index (χ0v) is 13.0. The van der Waals surface area contributed by atoms with E-state index in [1.807, 2.05) is 31.2 Å². The average Bonchev–Trinajstić information content (AvgIpc) is 2.47. The van der Waals surface area contributed by atoms with Crippen LogP contribution in [0.1, 0.15) is 18.3 Å². The molecule has 1 atom stereocenters. The largest absolute Gasteiger partial charge is 0.367 e. The second-order valence-electron chi connectivity index (χ2n) is 5.46. The summed E-state index contributed by atoms with van der Waals surface area (Å²) < 4.78 is 6.05. The van der Waals surface area contributed by atoms with Crippen LogP contribution in [-0.4, -0.2) is 29.7 Å². The fourth-order valence-corrected chi connectivity index (χ4v) is 2.93. The Morgan fingerprint density at radius 2 is 2.00 bits per heavy atom. The summed E-state index contributed by atoms with van der Waals surface area (Å²) in [6, 6.07) is 12.1. The van der Waals surface area contributed by atoms with Crippen molar-refractivity contribution >= 4 is 17.4 Å². The standard InChI is InChI=1S/C16H18ClN3O/c1-12-18-14(17)10-15(19-12)20-8-9-21-16(2,11-20)13-6-4-3-5-7-13/h3-7,10H,8-9,11H2,1-2H3. The topological polar surface area (TPSA) is 38.2 Å². The fourth-order valence-electron chi connectivity index (χ4n) is 2.71. The maximum absolute atomic E-state index is 6.05. The lowest BCUT2D eigenvalue weighted by Crippen LogP contribution is -2.48. The van der Waals surface area contributed by atoms with Gasteiger partial charge in [-0.2, -0.15) is 0 Å². The molecule has 2 aromatic rings. The van der Waals surface area contributed by atoms with Crippen molar-refractivity contribution in [3.8, 4) is 0 Å². The lowest BCUT2D eigenvalue weighted by Gasteiger charge is -2.41. The Kier molecular flexibility index (Phi) is 3.83. The highest BCUT2D eigenvalue weighted by Gasteiger charge is 2.34. The number of aromatic nitrogens is 2. The molecule has 2 heterocycles. The highest BCUT2D eigenvalue weighted by atomic mass is 35.5. The molecule has 0 saturated carbocycles. The number of aryl methyl sites for hydroxylation is 1. The van der Waals surface area contributed by atoms with Crippen LogP contribution in [0.5, 0.6) is 0 Å². The van der Waals surface area contributed by atoms with E-state index in [1.165, 1.54) is 5.56 Å². The maximum atomic E-state index is 6.05. The molecule has 3 rings (SSSR count). The molecule has 0 bridgehead atoms. The van der Waals surface area contributed by atoms with E-state index in [-0.39, 0.29) is 5.60 Å². The van der Waals surface area contributed by atoms with Gasteiger partial charge >= 0.3 is 0 Å². The number of hydrogen-bond donors (Lipinski definition) is 0. The van der Waals surface area contributed by atoms with Gasteiger partial charge in [-0.1, -0.05) is 41.9 Å². The number of morpholine rings is 1. The van der Waals surface area contributed by atoms with Crippen molar-refractivity contribution in [2.75, 3.05) is 24.6 Å². The SMILES string of the molecule is Cc1nc(Cl)cc(N2CCOC(C)(c3ccccc3)C2)n1. The molecular weight excluding hydrogens is 286 g/mol. The second-order valence-corrected chi connectivity index (χ2v) is 5.85. The van der Waals surface area contributed by atoms with Gasteiger partial charge in [-0.25, -0.2) is 9.97 Å². The van der Waals surface area contributed by atoms with Crippen LogP contribution in [0.2, 0.25) is 5.15 Å². The van der Waals surface area contributed by atoms with E-state index in [9.17, 15) is 0 Å². The molecule has 5 heteroatoms. The Labute approximate surface area is 129 Å². The van der Waals surface area contributed by atoms with Crippen LogP contribution in [0.25, 0.3) is 0 Å². The predicted molar refractivity (Wildman–Crippen MR) is 83.7 cm³/mol. The zero-order valence-electron chi connectivity index (χ0n) is 12.2. The molecule has 0 radical (unpaired) electrons. The van der Waals surface area contributed by atoms with Crippen molar-refractivity contribution in [1.82, 2.24) is 9.97 Å². The molecular formula is C16H18ClN3O. The number of anilines is 1. The van der Waals surface area contributed by atoms with Crippen LogP contribution >= 0.6 is 11.6 Å². The summed E-state index contributed by atoms with van der Waals surface area (Å²) in [4.78, 5) is 10.8. The van der Waals surface area contributed by atoms with E-state index in [4.69, 9.17) is 16.3 Å². The van der Waals surface area contributed by atoms with Crippen LogP contribution in [0.3, 0.4) is 0 Å². The third-order valence-electron chi connectivity index (χ3n) is 3.78. The van der Waals surface area contributed by atoms with E-state index in [0.717, 1.165) is 18.9 Å². The van der Waals surface area contributed by atoms with Crippen molar-refractivity contribution in [2.45, 2.75) is 19.4 Å². The van der Waals surface area contributed by atoms with Crippen molar-refractivity contribution < 1.29 is 4.74 Å². The molecule has 1 fully saturated rings. The third kappa shape index (κ3) is 3.01. The van der Waals surface area contributed by atoms with Crippen LogP contribution in [0.4, 0.5) is 5.82 Å². The van der Waals surface area contributed by atoms with Crippen molar-refractivity contribution in [1.29, 1.82) is 0 Å². The first kappa shape index (κ1) is 14.3. The third-order valence-corrected chi connectivity index (χ3v) is 3.97. The Balaban J connectivity index is 1.89. The minimum Gasteiger partial charge on any atom is -0.367 e. The van der Waals surface area contributed by atoms with Crippen molar-refractivity contribution in [2.24, 2.45) is 0 Å². The quantitative estimate of drug-likeness (QED) is 0.799. The van der Waals surface area contributed by atoms with Gasteiger partial charge in [0.25, 0.3) is 0 Å². The van der Waals surface area contributed by atoms with Crippen molar-refractivity contribution in [3.63, 3.8) is 0 Å². The Bertz CT molecular complexity index is 614. The number of ether oxygens (including phenoxy) is 1. The lowest BCUT2D eigenvalue weighted by atomic mass is 9.94. The lowest BCUT2D eigenvalue weighted by molar-refractivity contribution is -0.0468. The maximum Gasteiger partial charge on any atom is 0.134 e. The van der Waals surface area contributed by atoms with E-state index >= 15 is 0 Å². The molecule has 1 unspecified atom stereocenters. The number of benzene rings is 1. The molecule has 1 aliphatic rings. The number of halogens is 1. The highest BCUT2D eigenvalue weighted by molar-refractivity contribution is 6.29. The fraction of sp³-hybridized carbons (Fsp3) is 0.375. The first-order valence-electron chi connectivity index (χ1n) is 7.02. The van der Waals surface area contributed by atoms with Gasteiger partial charge in [0.1, 0.15) is 22.4 Å². The molecule has 1 aliphatic heterocycles. The summed E-state index contributed by atoms with van der Waals surface area (Å²) in [6.07, 6.45) is 0. The molecule has 21 heavy (non-hydrogen) atoms. The van der Waals surface area contributed by atoms with E-state index < -0.39 is 0 Å². The molecule has 0 N–H and O–H groups in total. The minimum atomic E-state index is -0.342. The minimum absolute atomic E-state index is 0.342. The summed E-state index contributed by atoms with van der Waals surface area (Å²) in [5, 5.41) is 0.477. The Morgan fingerprint density at radius 1 is 1.24 bits per heavy atom. The summed E-state index contributed by atoms with van der Waals surface area (Å²) in [5.74, 6) is 1.54.